The van der Waals surface area contributed by atoms with E-state index in [1.54, 1.807) is 0 Å². The minimum absolute atomic E-state index is 0. The monoisotopic (exact) mass is 866 g/mol. The molecule has 3 aromatic rings. The molecule has 0 unspecified atom stereocenters. The molecule has 0 N–H and O–H groups in total. The van der Waals surface area contributed by atoms with Crippen molar-refractivity contribution >= 4 is 66.3 Å². The Morgan fingerprint density at radius 2 is 0.679 bits per heavy atom. The van der Waals surface area contributed by atoms with Gasteiger partial charge in [0.2, 0.25) is 0 Å². The Morgan fingerprint density at radius 1 is 0.358 bits per heavy atom. The molecule has 0 radical (unpaired) electrons. The number of nitrogens with zero attached hydrogens (tertiary/aromatic N) is 1. The zero-order valence-corrected chi connectivity index (χ0v) is 40.6. The summed E-state index contributed by atoms with van der Waals surface area (Å²) in [5, 5.41) is 0. The standard InChI is InChI=1S/C28H42S.C22H39N.Ba/c1-3-5-7-9-11-13-19-25-21-15-17-23-27(25)29-28-24-18-16-22-26(28)20-14-12-10-8-6-4-2;1-3-5-7-9-11-16-20-23(22-18-14-13-15-19-22)21-17-12-10-8-6-4-2;/h15-18,21-24H,3-14,19-20H2,1-2H3;13-15,18-19H,3-12,16-17,20-21H2,1-2H3;/q;;+2. The Balaban J connectivity index is 0.000000534. The number of rotatable bonds is 31. The van der Waals surface area contributed by atoms with Gasteiger partial charge in [-0.2, -0.15) is 0 Å². The number of benzene rings is 3. The maximum Gasteiger partial charge on any atom is 2.00 e. The summed E-state index contributed by atoms with van der Waals surface area (Å²) in [7, 11) is 0. The summed E-state index contributed by atoms with van der Waals surface area (Å²) in [5.74, 6) is 0. The normalized spacial score (nSPS) is 10.8. The van der Waals surface area contributed by atoms with E-state index in [0.29, 0.717) is 0 Å². The molecule has 0 amide bonds. The molecule has 0 saturated carbocycles. The van der Waals surface area contributed by atoms with Crippen molar-refractivity contribution in [1.82, 2.24) is 0 Å². The number of aryl methyl sites for hydroxylation is 2. The number of hydrogen-bond acceptors (Lipinski definition) is 2. The van der Waals surface area contributed by atoms with E-state index in [2.05, 4.69) is 111 Å². The fourth-order valence-corrected chi connectivity index (χ4v) is 8.24. The van der Waals surface area contributed by atoms with Crippen molar-refractivity contribution in [1.29, 1.82) is 0 Å². The van der Waals surface area contributed by atoms with Gasteiger partial charge in [-0.3, -0.25) is 0 Å². The summed E-state index contributed by atoms with van der Waals surface area (Å²) in [4.78, 5) is 5.52. The number of anilines is 1. The Labute approximate surface area is 375 Å². The topological polar surface area (TPSA) is 3.24 Å². The molecule has 0 aliphatic heterocycles. The van der Waals surface area contributed by atoms with Gasteiger partial charge in [-0.25, -0.2) is 0 Å². The molecule has 292 valence electrons. The molecular weight excluding hydrogens is 784 g/mol. The van der Waals surface area contributed by atoms with E-state index in [4.69, 9.17) is 0 Å². The maximum atomic E-state index is 2.61. The van der Waals surface area contributed by atoms with Crippen molar-refractivity contribution in [2.75, 3.05) is 18.0 Å². The maximum absolute atomic E-state index is 2.61. The molecule has 0 bridgehead atoms. The largest absolute Gasteiger partial charge is 2.00 e. The molecule has 53 heavy (non-hydrogen) atoms. The number of para-hydroxylation sites is 1. The van der Waals surface area contributed by atoms with Crippen LogP contribution in [0.5, 0.6) is 0 Å². The average molecular weight is 866 g/mol. The van der Waals surface area contributed by atoms with Gasteiger partial charge in [0, 0.05) is 28.6 Å². The van der Waals surface area contributed by atoms with E-state index in [-0.39, 0.29) is 48.9 Å². The van der Waals surface area contributed by atoms with Gasteiger partial charge in [-0.15, -0.1) is 0 Å². The molecule has 0 heterocycles. The van der Waals surface area contributed by atoms with Gasteiger partial charge in [0.25, 0.3) is 0 Å². The van der Waals surface area contributed by atoms with Gasteiger partial charge in [-0.05, 0) is 73.9 Å². The van der Waals surface area contributed by atoms with Crippen LogP contribution in [0.3, 0.4) is 0 Å². The van der Waals surface area contributed by atoms with Crippen LogP contribution in [0, 0.1) is 0 Å². The molecule has 0 aromatic heterocycles. The molecule has 0 atom stereocenters. The van der Waals surface area contributed by atoms with Gasteiger partial charge in [-0.1, -0.05) is 222 Å². The second kappa shape index (κ2) is 37.0. The predicted octanol–water partition coefficient (Wildman–Crippen LogP) is 16.5. The SMILES string of the molecule is CCCCCCCCN(CCCCCCCC)c1ccccc1.CCCCCCCCc1ccccc1Sc1ccccc1CCCCCCCC.[Ba+2]. The van der Waals surface area contributed by atoms with Gasteiger partial charge in [0.1, 0.15) is 0 Å². The summed E-state index contributed by atoms with van der Waals surface area (Å²) in [6, 6.07) is 29.1. The van der Waals surface area contributed by atoms with Crippen LogP contribution in [0.4, 0.5) is 5.69 Å². The molecule has 1 nitrogen and oxygen atoms in total. The molecule has 0 aliphatic carbocycles. The fourth-order valence-electron chi connectivity index (χ4n) is 7.10. The molecule has 3 rings (SSSR count). The first-order valence-electron chi connectivity index (χ1n) is 22.4. The molecule has 3 aromatic carbocycles. The van der Waals surface area contributed by atoms with E-state index in [0.717, 1.165) is 0 Å². The summed E-state index contributed by atoms with van der Waals surface area (Å²) >= 11 is 1.98. The van der Waals surface area contributed by atoms with E-state index in [1.165, 1.54) is 207 Å². The van der Waals surface area contributed by atoms with Gasteiger partial charge in [0.05, 0.1) is 0 Å². The summed E-state index contributed by atoms with van der Waals surface area (Å²) in [6.07, 6.45) is 35.4. The van der Waals surface area contributed by atoms with Crippen molar-refractivity contribution in [2.24, 2.45) is 0 Å². The van der Waals surface area contributed by atoms with E-state index >= 15 is 0 Å². The second-order valence-corrected chi connectivity index (χ2v) is 16.3. The van der Waals surface area contributed by atoms with Crippen LogP contribution in [0.25, 0.3) is 0 Å². The Kier molecular flexibility index (Phi) is 35.2. The third kappa shape index (κ3) is 26.0. The van der Waals surface area contributed by atoms with E-state index in [9.17, 15) is 0 Å². The van der Waals surface area contributed by atoms with Gasteiger partial charge >= 0.3 is 48.9 Å². The molecule has 0 spiro atoms. The molecule has 3 heteroatoms. The van der Waals surface area contributed by atoms with Gasteiger partial charge < -0.3 is 4.90 Å². The first-order chi connectivity index (χ1) is 25.7. The van der Waals surface area contributed by atoms with Crippen LogP contribution in [0.1, 0.15) is 193 Å². The quantitative estimate of drug-likeness (QED) is 0.0468. The van der Waals surface area contributed by atoms with Crippen molar-refractivity contribution in [3.63, 3.8) is 0 Å². The number of unbranched alkanes of at least 4 members (excludes halogenated alkanes) is 20. The van der Waals surface area contributed by atoms with Crippen LogP contribution < -0.4 is 4.90 Å². The first-order valence-corrected chi connectivity index (χ1v) is 23.2. The predicted molar refractivity (Wildman–Crippen MR) is 242 cm³/mol. The Morgan fingerprint density at radius 3 is 1.08 bits per heavy atom. The molecular formula is C50H81BaNS+2. The smallest absolute Gasteiger partial charge is 0.372 e. The van der Waals surface area contributed by atoms with Crippen molar-refractivity contribution < 1.29 is 0 Å². The summed E-state index contributed by atoms with van der Waals surface area (Å²) in [6.45, 7) is 11.6. The van der Waals surface area contributed by atoms with Crippen molar-refractivity contribution in [2.45, 2.75) is 204 Å². The van der Waals surface area contributed by atoms with Crippen molar-refractivity contribution in [3.05, 3.63) is 90.0 Å². The first kappa shape index (κ1) is 50.4. The molecule has 0 fully saturated rings. The second-order valence-electron chi connectivity index (χ2n) is 15.2. The fraction of sp³-hybridized carbons (Fsp3) is 0.640. The van der Waals surface area contributed by atoms with Crippen LogP contribution in [-0.4, -0.2) is 62.0 Å². The number of hydrogen-bond donors (Lipinski definition) is 0. The van der Waals surface area contributed by atoms with Crippen LogP contribution in [0.2, 0.25) is 0 Å². The summed E-state index contributed by atoms with van der Waals surface area (Å²) < 4.78 is 0. The zero-order valence-electron chi connectivity index (χ0n) is 35.4. The molecule has 0 saturated heterocycles. The third-order valence-electron chi connectivity index (χ3n) is 10.4. The van der Waals surface area contributed by atoms with Gasteiger partial charge in [0.15, 0.2) is 0 Å². The average Bonchev–Trinajstić information content (AvgIpc) is 3.18. The van der Waals surface area contributed by atoms with Crippen molar-refractivity contribution in [3.8, 4) is 0 Å². The Bertz CT molecular complexity index is 1120. The minimum atomic E-state index is 0. The van der Waals surface area contributed by atoms with Crippen LogP contribution in [-0.2, 0) is 12.8 Å². The Hall–Kier alpha value is -0.619. The third-order valence-corrected chi connectivity index (χ3v) is 11.7. The minimum Gasteiger partial charge on any atom is -0.372 e. The van der Waals surface area contributed by atoms with Crippen LogP contribution in [0.15, 0.2) is 88.7 Å². The van der Waals surface area contributed by atoms with E-state index < -0.39 is 0 Å². The zero-order chi connectivity index (χ0) is 37.2. The summed E-state index contributed by atoms with van der Waals surface area (Å²) in [5.41, 5.74) is 4.47. The molecule has 0 aliphatic rings. The van der Waals surface area contributed by atoms with Crippen LogP contribution >= 0.6 is 11.8 Å². The van der Waals surface area contributed by atoms with E-state index in [1.807, 2.05) is 11.8 Å².